The molecule has 0 bridgehead atoms. The quantitative estimate of drug-likeness (QED) is 0.761. The van der Waals surface area contributed by atoms with E-state index in [1.807, 2.05) is 0 Å². The molecule has 0 aromatic rings. The van der Waals surface area contributed by atoms with Gasteiger partial charge in [-0.25, -0.2) is 0 Å². The van der Waals surface area contributed by atoms with Crippen LogP contribution in [0.15, 0.2) is 0 Å². The zero-order chi connectivity index (χ0) is 12.0. The monoisotopic (exact) mass is 225 g/mol. The van der Waals surface area contributed by atoms with Gasteiger partial charge in [0.15, 0.2) is 0 Å². The molecule has 92 valence electrons. The molecular weight excluding hydrogens is 202 g/mol. The van der Waals surface area contributed by atoms with Gasteiger partial charge < -0.3 is 10.5 Å². The average Bonchev–Trinajstić information content (AvgIpc) is 2.29. The average molecular weight is 225 g/mol. The van der Waals surface area contributed by atoms with E-state index in [2.05, 4.69) is 17.9 Å². The highest BCUT2D eigenvalue weighted by atomic mass is 16.5. The molecule has 2 unspecified atom stereocenters. The first-order valence-corrected chi connectivity index (χ1v) is 6.11. The summed E-state index contributed by atoms with van der Waals surface area (Å²) >= 11 is 0. The molecule has 16 heavy (non-hydrogen) atoms. The van der Waals surface area contributed by atoms with Crippen LogP contribution in [0.4, 0.5) is 0 Å². The Morgan fingerprint density at radius 2 is 2.38 bits per heavy atom. The summed E-state index contributed by atoms with van der Waals surface area (Å²) in [5, 5.41) is 8.82. The van der Waals surface area contributed by atoms with Gasteiger partial charge >= 0.3 is 0 Å². The van der Waals surface area contributed by atoms with E-state index in [9.17, 15) is 0 Å². The molecule has 2 atom stereocenters. The van der Waals surface area contributed by atoms with E-state index in [0.29, 0.717) is 6.04 Å². The molecule has 2 N–H and O–H groups in total. The van der Waals surface area contributed by atoms with Crippen LogP contribution in [0.1, 0.15) is 33.1 Å². The largest absolute Gasteiger partial charge is 0.378 e. The second-order valence-electron chi connectivity index (χ2n) is 4.81. The third-order valence-corrected chi connectivity index (χ3v) is 3.22. The van der Waals surface area contributed by atoms with Gasteiger partial charge in [-0.1, -0.05) is 6.92 Å². The van der Waals surface area contributed by atoms with E-state index >= 15 is 0 Å². The van der Waals surface area contributed by atoms with Crippen molar-refractivity contribution < 1.29 is 4.74 Å². The Labute approximate surface area is 98.4 Å². The topological polar surface area (TPSA) is 62.3 Å². The normalized spacial score (nSPS) is 26.0. The maximum absolute atomic E-state index is 8.82. The van der Waals surface area contributed by atoms with Crippen LogP contribution in [0.3, 0.4) is 0 Å². The van der Waals surface area contributed by atoms with E-state index in [1.54, 1.807) is 6.92 Å². The third kappa shape index (κ3) is 4.09. The highest BCUT2D eigenvalue weighted by Gasteiger charge is 2.22. The zero-order valence-corrected chi connectivity index (χ0v) is 10.4. The molecule has 0 saturated carbocycles. The van der Waals surface area contributed by atoms with Gasteiger partial charge in [0.05, 0.1) is 19.3 Å². The SMILES string of the molecule is CCC1COCCN1CCCC(C)(N)C#N. The molecule has 0 amide bonds. The maximum Gasteiger partial charge on any atom is 0.101 e. The van der Waals surface area contributed by atoms with Crippen molar-refractivity contribution in [1.82, 2.24) is 4.90 Å². The van der Waals surface area contributed by atoms with Crippen molar-refractivity contribution in [2.75, 3.05) is 26.3 Å². The van der Waals surface area contributed by atoms with Crippen molar-refractivity contribution in [3.8, 4) is 6.07 Å². The molecule has 1 rings (SSSR count). The lowest BCUT2D eigenvalue weighted by Crippen LogP contribution is -2.46. The summed E-state index contributed by atoms with van der Waals surface area (Å²) in [6.07, 6.45) is 2.87. The second kappa shape index (κ2) is 6.19. The van der Waals surface area contributed by atoms with Gasteiger partial charge in [-0.2, -0.15) is 5.26 Å². The molecule has 4 nitrogen and oxygen atoms in total. The van der Waals surface area contributed by atoms with Crippen molar-refractivity contribution in [1.29, 1.82) is 5.26 Å². The first kappa shape index (κ1) is 13.4. The molecule has 0 aliphatic carbocycles. The number of nitrogens with two attached hydrogens (primary N) is 1. The van der Waals surface area contributed by atoms with Crippen molar-refractivity contribution >= 4 is 0 Å². The molecule has 0 aromatic carbocycles. The summed E-state index contributed by atoms with van der Waals surface area (Å²) < 4.78 is 5.45. The van der Waals surface area contributed by atoms with E-state index in [4.69, 9.17) is 15.7 Å². The van der Waals surface area contributed by atoms with Crippen LogP contribution in [0.25, 0.3) is 0 Å². The Bertz CT molecular complexity index is 247. The van der Waals surface area contributed by atoms with E-state index in [0.717, 1.165) is 45.6 Å². The molecule has 1 heterocycles. The lowest BCUT2D eigenvalue weighted by atomic mass is 9.99. The Balaban J connectivity index is 2.28. The fraction of sp³-hybridized carbons (Fsp3) is 0.917. The number of ether oxygens (including phenoxy) is 1. The predicted molar refractivity (Wildman–Crippen MR) is 63.9 cm³/mol. The number of rotatable bonds is 5. The summed E-state index contributed by atoms with van der Waals surface area (Å²) in [7, 11) is 0. The minimum Gasteiger partial charge on any atom is -0.378 e. The number of nitrogens with zero attached hydrogens (tertiary/aromatic N) is 2. The summed E-state index contributed by atoms with van der Waals surface area (Å²) in [5.41, 5.74) is 5.12. The first-order valence-electron chi connectivity index (χ1n) is 6.11. The summed E-state index contributed by atoms with van der Waals surface area (Å²) in [6, 6.07) is 2.68. The van der Waals surface area contributed by atoms with Gasteiger partial charge in [-0.15, -0.1) is 0 Å². The molecule has 0 radical (unpaired) electrons. The van der Waals surface area contributed by atoms with Crippen LogP contribution in [0, 0.1) is 11.3 Å². The fourth-order valence-electron chi connectivity index (χ4n) is 2.06. The van der Waals surface area contributed by atoms with Crippen LogP contribution in [-0.2, 0) is 4.74 Å². The maximum atomic E-state index is 8.82. The van der Waals surface area contributed by atoms with Gasteiger partial charge in [0.1, 0.15) is 5.54 Å². The van der Waals surface area contributed by atoms with Crippen molar-refractivity contribution in [2.45, 2.75) is 44.7 Å². The van der Waals surface area contributed by atoms with E-state index in [1.165, 1.54) is 0 Å². The van der Waals surface area contributed by atoms with Crippen molar-refractivity contribution in [3.63, 3.8) is 0 Å². The van der Waals surface area contributed by atoms with Gasteiger partial charge in [0.2, 0.25) is 0 Å². The molecule has 0 spiro atoms. The zero-order valence-electron chi connectivity index (χ0n) is 10.4. The number of nitriles is 1. The van der Waals surface area contributed by atoms with Gasteiger partial charge in [0, 0.05) is 12.6 Å². The molecule has 1 aliphatic heterocycles. The first-order chi connectivity index (χ1) is 7.59. The van der Waals surface area contributed by atoms with Gasteiger partial charge in [-0.3, -0.25) is 4.90 Å². The van der Waals surface area contributed by atoms with Gasteiger partial charge in [0.25, 0.3) is 0 Å². The molecular formula is C12H23N3O. The van der Waals surface area contributed by atoms with Crippen LogP contribution < -0.4 is 5.73 Å². The van der Waals surface area contributed by atoms with E-state index < -0.39 is 5.54 Å². The van der Waals surface area contributed by atoms with E-state index in [-0.39, 0.29) is 0 Å². The van der Waals surface area contributed by atoms with Crippen molar-refractivity contribution in [3.05, 3.63) is 0 Å². The number of morpholine rings is 1. The second-order valence-corrected chi connectivity index (χ2v) is 4.81. The van der Waals surface area contributed by atoms with Crippen LogP contribution >= 0.6 is 0 Å². The molecule has 0 aromatic heterocycles. The van der Waals surface area contributed by atoms with Crippen molar-refractivity contribution in [2.24, 2.45) is 5.73 Å². The minimum atomic E-state index is -0.673. The predicted octanol–water partition coefficient (Wildman–Crippen LogP) is 1.12. The lowest BCUT2D eigenvalue weighted by molar-refractivity contribution is -0.00944. The Kier molecular flexibility index (Phi) is 5.20. The standard InChI is InChI=1S/C12H23N3O/c1-3-11-9-16-8-7-15(11)6-4-5-12(2,14)10-13/h11H,3-9,14H2,1-2H3. The summed E-state index contributed by atoms with van der Waals surface area (Å²) in [5.74, 6) is 0. The number of hydrogen-bond acceptors (Lipinski definition) is 4. The Morgan fingerprint density at radius 1 is 1.62 bits per heavy atom. The summed E-state index contributed by atoms with van der Waals surface area (Å²) in [4.78, 5) is 2.46. The molecule has 1 aliphatic rings. The fourth-order valence-corrected chi connectivity index (χ4v) is 2.06. The molecule has 4 heteroatoms. The lowest BCUT2D eigenvalue weighted by Gasteiger charge is -2.35. The number of hydrogen-bond donors (Lipinski definition) is 1. The molecule has 1 fully saturated rings. The highest BCUT2D eigenvalue weighted by molar-refractivity contribution is 5.00. The Morgan fingerprint density at radius 3 is 3.00 bits per heavy atom. The minimum absolute atomic E-state index is 0.542. The third-order valence-electron chi connectivity index (χ3n) is 3.22. The molecule has 1 saturated heterocycles. The van der Waals surface area contributed by atoms with Crippen LogP contribution in [0.2, 0.25) is 0 Å². The smallest absolute Gasteiger partial charge is 0.101 e. The highest BCUT2D eigenvalue weighted by Crippen LogP contribution is 2.13. The summed E-state index contributed by atoms with van der Waals surface area (Å²) in [6.45, 7) is 7.68. The van der Waals surface area contributed by atoms with Crippen LogP contribution in [-0.4, -0.2) is 42.8 Å². The van der Waals surface area contributed by atoms with Crippen LogP contribution in [0.5, 0.6) is 0 Å². The Hall–Kier alpha value is -0.630. The van der Waals surface area contributed by atoms with Gasteiger partial charge in [-0.05, 0) is 32.7 Å².